The molecule has 5 aromatic rings. The van der Waals surface area contributed by atoms with Gasteiger partial charge < -0.3 is 10.3 Å². The SMILES string of the molecule is O=C(NCc1ccc(-n2cnc3ccccc32)nc1)c1cc2ccc(Cl)cc2[nH]1. The first-order valence-electron chi connectivity index (χ1n) is 9.11. The van der Waals surface area contributed by atoms with Crippen LogP contribution in [0.15, 0.2) is 73.2 Å². The number of pyridine rings is 1. The lowest BCUT2D eigenvalue weighted by Crippen LogP contribution is -2.23. The van der Waals surface area contributed by atoms with Crippen LogP contribution in [0.4, 0.5) is 0 Å². The number of imidazole rings is 1. The smallest absolute Gasteiger partial charge is 0.267 e. The first-order valence-corrected chi connectivity index (χ1v) is 9.49. The standard InChI is InChI=1S/C22H16ClN5O/c23-16-7-6-15-9-19(27-18(15)10-16)22(29)25-12-14-5-8-21(24-11-14)28-13-26-17-3-1-2-4-20(17)28/h1-11,13,27H,12H2,(H,25,29). The predicted molar refractivity (Wildman–Crippen MR) is 113 cm³/mol. The van der Waals surface area contributed by atoms with Crippen molar-refractivity contribution in [2.24, 2.45) is 0 Å². The summed E-state index contributed by atoms with van der Waals surface area (Å²) in [7, 11) is 0. The molecule has 2 N–H and O–H groups in total. The van der Waals surface area contributed by atoms with E-state index in [1.807, 2.05) is 53.1 Å². The number of halogens is 1. The van der Waals surface area contributed by atoms with Gasteiger partial charge in [0.25, 0.3) is 5.91 Å². The summed E-state index contributed by atoms with van der Waals surface area (Å²) in [6.45, 7) is 0.382. The van der Waals surface area contributed by atoms with Crippen molar-refractivity contribution < 1.29 is 4.79 Å². The van der Waals surface area contributed by atoms with E-state index in [2.05, 4.69) is 20.3 Å². The van der Waals surface area contributed by atoms with Crippen LogP contribution in [0, 0.1) is 0 Å². The molecule has 5 rings (SSSR count). The molecule has 0 atom stereocenters. The van der Waals surface area contributed by atoms with Crippen LogP contribution >= 0.6 is 11.6 Å². The molecule has 0 aliphatic carbocycles. The highest BCUT2D eigenvalue weighted by Gasteiger charge is 2.10. The largest absolute Gasteiger partial charge is 0.350 e. The molecule has 142 valence electrons. The molecule has 29 heavy (non-hydrogen) atoms. The molecule has 0 fully saturated rings. The zero-order valence-corrected chi connectivity index (χ0v) is 16.0. The van der Waals surface area contributed by atoms with Crippen LogP contribution in [0.25, 0.3) is 27.8 Å². The summed E-state index contributed by atoms with van der Waals surface area (Å²) >= 11 is 6.00. The topological polar surface area (TPSA) is 75.6 Å². The van der Waals surface area contributed by atoms with Crippen molar-refractivity contribution >= 4 is 39.4 Å². The Kier molecular flexibility index (Phi) is 4.26. The van der Waals surface area contributed by atoms with Gasteiger partial charge in [-0.1, -0.05) is 35.9 Å². The highest BCUT2D eigenvalue weighted by atomic mass is 35.5. The van der Waals surface area contributed by atoms with Crippen LogP contribution in [0.5, 0.6) is 0 Å². The predicted octanol–water partition coefficient (Wildman–Crippen LogP) is 4.49. The minimum atomic E-state index is -0.179. The maximum Gasteiger partial charge on any atom is 0.267 e. The van der Waals surface area contributed by atoms with Crippen LogP contribution in [-0.2, 0) is 6.54 Å². The molecule has 6 nitrogen and oxygen atoms in total. The van der Waals surface area contributed by atoms with Gasteiger partial charge in [-0.05, 0) is 42.0 Å². The number of carbonyl (C=O) groups excluding carboxylic acids is 1. The van der Waals surface area contributed by atoms with Crippen molar-refractivity contribution in [3.05, 3.63) is 89.5 Å². The average molecular weight is 402 g/mol. The molecular formula is C22H16ClN5O. The summed E-state index contributed by atoms with van der Waals surface area (Å²) in [5.74, 6) is 0.600. The fourth-order valence-corrected chi connectivity index (χ4v) is 3.48. The van der Waals surface area contributed by atoms with Crippen molar-refractivity contribution in [2.75, 3.05) is 0 Å². The number of H-pyrrole nitrogens is 1. The molecular weight excluding hydrogens is 386 g/mol. The van der Waals surface area contributed by atoms with Gasteiger partial charge >= 0.3 is 0 Å². The second kappa shape index (κ2) is 7.07. The number of aromatic nitrogens is 4. The van der Waals surface area contributed by atoms with Crippen LogP contribution in [0.2, 0.25) is 5.02 Å². The average Bonchev–Trinajstić information content (AvgIpc) is 3.36. The number of nitrogens with zero attached hydrogens (tertiary/aromatic N) is 3. The molecule has 7 heteroatoms. The third-order valence-corrected chi connectivity index (χ3v) is 5.03. The third-order valence-electron chi connectivity index (χ3n) is 4.79. The van der Waals surface area contributed by atoms with E-state index in [4.69, 9.17) is 11.6 Å². The van der Waals surface area contributed by atoms with E-state index >= 15 is 0 Å². The molecule has 0 spiro atoms. The Morgan fingerprint density at radius 1 is 1.07 bits per heavy atom. The van der Waals surface area contributed by atoms with E-state index in [0.717, 1.165) is 33.3 Å². The molecule has 2 aromatic carbocycles. The van der Waals surface area contributed by atoms with E-state index in [9.17, 15) is 4.79 Å². The number of aromatic amines is 1. The minimum Gasteiger partial charge on any atom is -0.350 e. The van der Waals surface area contributed by atoms with Crippen molar-refractivity contribution in [1.29, 1.82) is 0 Å². The van der Waals surface area contributed by atoms with Crippen molar-refractivity contribution in [1.82, 2.24) is 24.8 Å². The number of para-hydroxylation sites is 2. The molecule has 0 saturated heterocycles. The zero-order chi connectivity index (χ0) is 19.8. The zero-order valence-electron chi connectivity index (χ0n) is 15.3. The number of carbonyl (C=O) groups is 1. The number of nitrogens with one attached hydrogen (secondary N) is 2. The Labute approximate surface area is 171 Å². The van der Waals surface area contributed by atoms with Crippen LogP contribution in [0.3, 0.4) is 0 Å². The van der Waals surface area contributed by atoms with Crippen molar-refractivity contribution in [2.45, 2.75) is 6.54 Å². The van der Waals surface area contributed by atoms with E-state index in [0.29, 0.717) is 17.3 Å². The van der Waals surface area contributed by atoms with Gasteiger partial charge in [0, 0.05) is 28.7 Å². The Morgan fingerprint density at radius 3 is 2.83 bits per heavy atom. The lowest BCUT2D eigenvalue weighted by molar-refractivity contribution is 0.0946. The van der Waals surface area contributed by atoms with Crippen LogP contribution in [0.1, 0.15) is 16.1 Å². The minimum absolute atomic E-state index is 0.179. The monoisotopic (exact) mass is 401 g/mol. The summed E-state index contributed by atoms with van der Waals surface area (Å²) < 4.78 is 1.94. The Morgan fingerprint density at radius 2 is 1.97 bits per heavy atom. The highest BCUT2D eigenvalue weighted by molar-refractivity contribution is 6.31. The Bertz CT molecular complexity index is 1340. The number of amides is 1. The van der Waals surface area contributed by atoms with Crippen LogP contribution in [-0.4, -0.2) is 25.4 Å². The van der Waals surface area contributed by atoms with Gasteiger partial charge in [-0.2, -0.15) is 0 Å². The summed E-state index contributed by atoms with van der Waals surface area (Å²) in [6.07, 6.45) is 3.52. The first-order chi connectivity index (χ1) is 14.2. The van der Waals surface area contributed by atoms with Crippen LogP contribution < -0.4 is 5.32 Å². The Hall–Kier alpha value is -3.64. The van der Waals surface area contributed by atoms with Gasteiger partial charge in [-0.25, -0.2) is 9.97 Å². The van der Waals surface area contributed by atoms with Gasteiger partial charge in [0.1, 0.15) is 17.8 Å². The molecule has 0 unspecified atom stereocenters. The Balaban J connectivity index is 1.30. The van der Waals surface area contributed by atoms with E-state index in [-0.39, 0.29) is 5.91 Å². The lowest BCUT2D eigenvalue weighted by Gasteiger charge is -2.06. The van der Waals surface area contributed by atoms with E-state index in [1.165, 1.54) is 0 Å². The molecule has 1 amide bonds. The normalized spacial score (nSPS) is 11.2. The summed E-state index contributed by atoms with van der Waals surface area (Å²) in [5, 5.41) is 4.48. The van der Waals surface area contributed by atoms with Gasteiger partial charge in [0.05, 0.1) is 11.0 Å². The number of fused-ring (bicyclic) bond motifs is 2. The lowest BCUT2D eigenvalue weighted by atomic mass is 10.2. The molecule has 0 aliphatic heterocycles. The maximum atomic E-state index is 12.5. The number of rotatable bonds is 4. The van der Waals surface area contributed by atoms with E-state index < -0.39 is 0 Å². The molecule has 3 aromatic heterocycles. The molecule has 0 bridgehead atoms. The number of benzene rings is 2. The van der Waals surface area contributed by atoms with Gasteiger partial charge in [-0.15, -0.1) is 0 Å². The molecule has 3 heterocycles. The quantitative estimate of drug-likeness (QED) is 0.466. The molecule has 0 radical (unpaired) electrons. The molecule has 0 saturated carbocycles. The van der Waals surface area contributed by atoms with Gasteiger partial charge in [-0.3, -0.25) is 9.36 Å². The third kappa shape index (κ3) is 3.34. The number of hydrogen-bond donors (Lipinski definition) is 2. The van der Waals surface area contributed by atoms with Gasteiger partial charge in [0.15, 0.2) is 0 Å². The second-order valence-electron chi connectivity index (χ2n) is 6.73. The number of hydrogen-bond acceptors (Lipinski definition) is 3. The van der Waals surface area contributed by atoms with Gasteiger partial charge in [0.2, 0.25) is 0 Å². The highest BCUT2D eigenvalue weighted by Crippen LogP contribution is 2.20. The molecule has 0 aliphatic rings. The second-order valence-corrected chi connectivity index (χ2v) is 7.16. The van der Waals surface area contributed by atoms with E-state index in [1.54, 1.807) is 24.7 Å². The summed E-state index contributed by atoms with van der Waals surface area (Å²) in [4.78, 5) is 24.5. The van der Waals surface area contributed by atoms with Crippen molar-refractivity contribution in [3.8, 4) is 5.82 Å². The summed E-state index contributed by atoms with van der Waals surface area (Å²) in [6, 6.07) is 19.1. The van der Waals surface area contributed by atoms with Crippen molar-refractivity contribution in [3.63, 3.8) is 0 Å². The fourth-order valence-electron chi connectivity index (χ4n) is 3.30. The first kappa shape index (κ1) is 17.5. The maximum absolute atomic E-state index is 12.5. The summed E-state index contributed by atoms with van der Waals surface area (Å²) in [5.41, 5.74) is 4.16. The fraction of sp³-hybridized carbons (Fsp3) is 0.0455.